The molecule has 0 spiro atoms. The van der Waals surface area contributed by atoms with E-state index in [1.54, 1.807) is 7.05 Å². The van der Waals surface area contributed by atoms with Crippen molar-refractivity contribution in [2.45, 2.75) is 32.9 Å². The number of anilines is 1. The van der Waals surface area contributed by atoms with Crippen molar-refractivity contribution in [2.75, 3.05) is 45.2 Å². The summed E-state index contributed by atoms with van der Waals surface area (Å²) in [7, 11) is 3.97. The van der Waals surface area contributed by atoms with Gasteiger partial charge < -0.3 is 20.4 Å². The summed E-state index contributed by atoms with van der Waals surface area (Å²) >= 11 is 6.50. The van der Waals surface area contributed by atoms with Gasteiger partial charge in [-0.15, -0.1) is 0 Å². The second kappa shape index (κ2) is 9.14. The van der Waals surface area contributed by atoms with Crippen LogP contribution in [0.25, 0.3) is 0 Å². The lowest BCUT2D eigenvalue weighted by Gasteiger charge is -2.35. The van der Waals surface area contributed by atoms with Crippen molar-refractivity contribution in [1.82, 2.24) is 15.5 Å². The van der Waals surface area contributed by atoms with Crippen LogP contribution in [0.5, 0.6) is 0 Å². The van der Waals surface area contributed by atoms with E-state index in [0.29, 0.717) is 12.6 Å². The third-order valence-electron chi connectivity index (χ3n) is 4.59. The van der Waals surface area contributed by atoms with E-state index in [0.717, 1.165) is 49.1 Å². The zero-order valence-corrected chi connectivity index (χ0v) is 16.0. The first-order valence-electron chi connectivity index (χ1n) is 8.73. The Morgan fingerprint density at radius 2 is 2.00 bits per heavy atom. The molecule has 1 aromatic carbocycles. The first-order valence-corrected chi connectivity index (χ1v) is 9.11. The Morgan fingerprint density at radius 3 is 2.62 bits per heavy atom. The van der Waals surface area contributed by atoms with Crippen molar-refractivity contribution in [2.24, 2.45) is 4.99 Å². The highest BCUT2D eigenvalue weighted by atomic mass is 35.5. The van der Waals surface area contributed by atoms with Gasteiger partial charge in [-0.1, -0.05) is 24.6 Å². The van der Waals surface area contributed by atoms with Gasteiger partial charge in [0.05, 0.1) is 0 Å². The molecule has 0 amide bonds. The molecule has 1 heterocycles. The van der Waals surface area contributed by atoms with Crippen LogP contribution >= 0.6 is 11.6 Å². The number of nitrogens with zero attached hydrogens (tertiary/aromatic N) is 3. The van der Waals surface area contributed by atoms with Gasteiger partial charge in [-0.3, -0.25) is 4.99 Å². The first-order chi connectivity index (χ1) is 11.5. The van der Waals surface area contributed by atoms with E-state index in [9.17, 15) is 0 Å². The fourth-order valence-corrected chi connectivity index (χ4v) is 3.00. The molecule has 0 aromatic heterocycles. The molecule has 0 bridgehead atoms. The summed E-state index contributed by atoms with van der Waals surface area (Å²) in [6.07, 6.45) is 1.05. The summed E-state index contributed by atoms with van der Waals surface area (Å²) < 4.78 is 0. The summed E-state index contributed by atoms with van der Waals surface area (Å²) in [5, 5.41) is 7.59. The highest BCUT2D eigenvalue weighted by molar-refractivity contribution is 6.31. The minimum absolute atomic E-state index is 0.388. The summed E-state index contributed by atoms with van der Waals surface area (Å²) in [6, 6.07) is 6.55. The molecule has 1 fully saturated rings. The average molecular weight is 352 g/mol. The van der Waals surface area contributed by atoms with Gasteiger partial charge in [0.15, 0.2) is 5.96 Å². The van der Waals surface area contributed by atoms with E-state index in [1.165, 1.54) is 5.69 Å². The quantitative estimate of drug-likeness (QED) is 0.632. The summed E-state index contributed by atoms with van der Waals surface area (Å²) in [5.74, 6) is 0.814. The Morgan fingerprint density at radius 1 is 1.29 bits per heavy atom. The molecule has 5 nitrogen and oxygen atoms in total. The van der Waals surface area contributed by atoms with Gasteiger partial charge in [0, 0.05) is 62.1 Å². The van der Waals surface area contributed by atoms with Crippen LogP contribution in [0, 0.1) is 0 Å². The molecule has 1 atom stereocenters. The average Bonchev–Trinajstić information content (AvgIpc) is 2.59. The number of likely N-dealkylation sites (N-methyl/N-ethyl adjacent to an activating group) is 1. The van der Waals surface area contributed by atoms with Gasteiger partial charge in [0.1, 0.15) is 0 Å². The third-order valence-corrected chi connectivity index (χ3v) is 4.94. The van der Waals surface area contributed by atoms with Crippen LogP contribution in [0.4, 0.5) is 5.69 Å². The van der Waals surface area contributed by atoms with Crippen LogP contribution in [0.2, 0.25) is 5.02 Å². The number of piperazine rings is 1. The van der Waals surface area contributed by atoms with E-state index in [4.69, 9.17) is 11.6 Å². The molecule has 1 unspecified atom stereocenters. The largest absolute Gasteiger partial charge is 0.369 e. The predicted molar refractivity (Wildman–Crippen MR) is 104 cm³/mol. The SMILES string of the molecule is CCC(C)NC(=NC)NCc1c(Cl)cccc1N1CCN(C)CC1. The van der Waals surface area contributed by atoms with Crippen molar-refractivity contribution in [1.29, 1.82) is 0 Å². The molecule has 0 saturated carbocycles. The molecule has 1 aliphatic rings. The number of benzene rings is 1. The maximum Gasteiger partial charge on any atom is 0.191 e. The number of hydrogen-bond acceptors (Lipinski definition) is 3. The van der Waals surface area contributed by atoms with Gasteiger partial charge in [0.25, 0.3) is 0 Å². The first kappa shape index (κ1) is 18.9. The lowest BCUT2D eigenvalue weighted by molar-refractivity contribution is 0.312. The number of nitrogens with one attached hydrogen (secondary N) is 2. The van der Waals surface area contributed by atoms with E-state index < -0.39 is 0 Å². The van der Waals surface area contributed by atoms with Gasteiger partial charge >= 0.3 is 0 Å². The zero-order chi connectivity index (χ0) is 17.5. The molecule has 0 aliphatic carbocycles. The van der Waals surface area contributed by atoms with Crippen LogP contribution in [0.3, 0.4) is 0 Å². The Kier molecular flexibility index (Phi) is 7.18. The third kappa shape index (κ3) is 5.02. The molecular formula is C18H30ClN5. The van der Waals surface area contributed by atoms with Crippen molar-refractivity contribution in [3.63, 3.8) is 0 Å². The van der Waals surface area contributed by atoms with Crippen LogP contribution < -0.4 is 15.5 Å². The highest BCUT2D eigenvalue weighted by Gasteiger charge is 2.18. The minimum atomic E-state index is 0.388. The van der Waals surface area contributed by atoms with Crippen molar-refractivity contribution in [3.05, 3.63) is 28.8 Å². The molecule has 0 radical (unpaired) electrons. The molecule has 1 saturated heterocycles. The van der Waals surface area contributed by atoms with E-state index in [-0.39, 0.29) is 0 Å². The molecule has 134 valence electrons. The summed E-state index contributed by atoms with van der Waals surface area (Å²) in [4.78, 5) is 9.09. The van der Waals surface area contributed by atoms with E-state index >= 15 is 0 Å². The molecule has 1 aromatic rings. The van der Waals surface area contributed by atoms with Gasteiger partial charge in [-0.2, -0.15) is 0 Å². The maximum absolute atomic E-state index is 6.50. The van der Waals surface area contributed by atoms with Gasteiger partial charge in [-0.05, 0) is 32.5 Å². The van der Waals surface area contributed by atoms with Crippen LogP contribution in [0.1, 0.15) is 25.8 Å². The molecule has 6 heteroatoms. The fraction of sp³-hybridized carbons (Fsp3) is 0.611. The standard InChI is InChI=1S/C18H30ClN5/c1-5-14(2)22-18(20-3)21-13-15-16(19)7-6-8-17(15)24-11-9-23(4)10-12-24/h6-8,14H,5,9-13H2,1-4H3,(H2,20,21,22). The number of hydrogen-bond donors (Lipinski definition) is 2. The summed E-state index contributed by atoms with van der Waals surface area (Å²) in [6.45, 7) is 9.20. The second-order valence-corrected chi connectivity index (χ2v) is 6.81. The molecular weight excluding hydrogens is 322 g/mol. The lowest BCUT2D eigenvalue weighted by Crippen LogP contribution is -2.45. The second-order valence-electron chi connectivity index (χ2n) is 6.41. The number of rotatable bonds is 5. The van der Waals surface area contributed by atoms with Crippen LogP contribution in [0.15, 0.2) is 23.2 Å². The lowest BCUT2D eigenvalue weighted by atomic mass is 10.1. The van der Waals surface area contributed by atoms with Crippen molar-refractivity contribution < 1.29 is 0 Å². The zero-order valence-electron chi connectivity index (χ0n) is 15.3. The Hall–Kier alpha value is -1.46. The predicted octanol–water partition coefficient (Wildman–Crippen LogP) is 2.56. The number of aliphatic imine (C=N–C) groups is 1. The minimum Gasteiger partial charge on any atom is -0.369 e. The number of guanidine groups is 1. The Labute approximate surface area is 151 Å². The molecule has 2 N–H and O–H groups in total. The molecule has 2 rings (SSSR count). The molecule has 1 aliphatic heterocycles. The Balaban J connectivity index is 2.09. The Bertz CT molecular complexity index is 552. The normalized spacial score (nSPS) is 17.7. The molecule has 24 heavy (non-hydrogen) atoms. The van der Waals surface area contributed by atoms with E-state index in [1.807, 2.05) is 12.1 Å². The van der Waals surface area contributed by atoms with Crippen LogP contribution in [-0.2, 0) is 6.54 Å². The van der Waals surface area contributed by atoms with E-state index in [2.05, 4.69) is 52.4 Å². The number of halogens is 1. The maximum atomic E-state index is 6.50. The van der Waals surface area contributed by atoms with Crippen LogP contribution in [-0.4, -0.2) is 57.2 Å². The topological polar surface area (TPSA) is 42.9 Å². The van der Waals surface area contributed by atoms with Crippen molar-refractivity contribution in [3.8, 4) is 0 Å². The highest BCUT2D eigenvalue weighted by Crippen LogP contribution is 2.28. The summed E-state index contributed by atoms with van der Waals surface area (Å²) in [5.41, 5.74) is 2.36. The van der Waals surface area contributed by atoms with Gasteiger partial charge in [-0.25, -0.2) is 0 Å². The smallest absolute Gasteiger partial charge is 0.191 e. The monoisotopic (exact) mass is 351 g/mol. The van der Waals surface area contributed by atoms with Gasteiger partial charge in [0.2, 0.25) is 0 Å². The van der Waals surface area contributed by atoms with Crippen molar-refractivity contribution >= 4 is 23.2 Å². The fourth-order valence-electron chi connectivity index (χ4n) is 2.77.